The Kier molecular flexibility index (Phi) is 16.2. The normalized spacial score (nSPS) is 16.3. The molecule has 0 aliphatic carbocycles. The number of fused-ring (bicyclic) bond motifs is 1. The number of aromatic nitrogens is 6. The molecule has 1 aliphatic heterocycles. The van der Waals surface area contributed by atoms with Crippen molar-refractivity contribution < 1.29 is 28.0 Å². The number of aromatic amines is 1. The highest BCUT2D eigenvalue weighted by Gasteiger charge is 2.45. The molecule has 1 saturated heterocycles. The van der Waals surface area contributed by atoms with Crippen LogP contribution in [0, 0.1) is 17.2 Å². The highest BCUT2D eigenvalue weighted by atomic mass is 31.2. The zero-order valence-electron chi connectivity index (χ0n) is 47.0. The Balaban J connectivity index is 1.01. The average Bonchev–Trinajstić information content (AvgIpc) is 4.40. The van der Waals surface area contributed by atoms with Gasteiger partial charge in [-0.3, -0.25) is 9.78 Å². The van der Waals surface area contributed by atoms with E-state index in [2.05, 4.69) is 135 Å². The van der Waals surface area contributed by atoms with Crippen LogP contribution in [0.25, 0.3) is 54.6 Å². The fraction of sp³-hybridized carbons (Fsp3) is 0.328. The number of ether oxygens (including phenoxy) is 4. The molecule has 4 heterocycles. The molecule has 11 rings (SSSR count). The van der Waals surface area contributed by atoms with Crippen LogP contribution in [0.3, 0.4) is 0 Å². The second kappa shape index (κ2) is 23.8. The Morgan fingerprint density at radius 3 is 2.07 bits per heavy atom. The summed E-state index contributed by atoms with van der Waals surface area (Å²) in [5.74, 6) is 2.01. The van der Waals surface area contributed by atoms with E-state index >= 15 is 0 Å². The van der Waals surface area contributed by atoms with Crippen molar-refractivity contribution in [2.45, 2.75) is 97.0 Å². The van der Waals surface area contributed by atoms with Gasteiger partial charge in [0.25, 0.3) is 14.1 Å². The van der Waals surface area contributed by atoms with Gasteiger partial charge in [-0.05, 0) is 112 Å². The molecular weight excluding hydrogens is 1040 g/mol. The van der Waals surface area contributed by atoms with Crippen LogP contribution in [0.15, 0.2) is 151 Å². The minimum absolute atomic E-state index is 0.0350. The molecule has 16 nitrogen and oxygen atoms in total. The maximum Gasteiger partial charge on any atom is 0.262 e. The van der Waals surface area contributed by atoms with Crippen LogP contribution in [0.2, 0.25) is 0 Å². The largest absolute Gasteiger partial charge is 0.497 e. The lowest BCUT2D eigenvalue weighted by Gasteiger charge is -2.39. The molecule has 0 saturated carbocycles. The Hall–Kier alpha value is -7.74. The van der Waals surface area contributed by atoms with Crippen LogP contribution in [0.5, 0.6) is 11.5 Å². The van der Waals surface area contributed by atoms with E-state index in [0.29, 0.717) is 59.2 Å². The minimum Gasteiger partial charge on any atom is -0.497 e. The van der Waals surface area contributed by atoms with Gasteiger partial charge in [-0.25, -0.2) is 9.35 Å². The first-order valence-corrected chi connectivity index (χ1v) is 28.8. The van der Waals surface area contributed by atoms with E-state index in [-0.39, 0.29) is 43.2 Å². The van der Waals surface area contributed by atoms with Crippen molar-refractivity contribution in [3.63, 3.8) is 0 Å². The number of benzene rings is 7. The van der Waals surface area contributed by atoms with Gasteiger partial charge in [0.1, 0.15) is 35.1 Å². The smallest absolute Gasteiger partial charge is 0.262 e. The molecule has 0 bridgehead atoms. The van der Waals surface area contributed by atoms with Crippen molar-refractivity contribution in [2.24, 2.45) is 5.92 Å². The van der Waals surface area contributed by atoms with Crippen LogP contribution < -0.4 is 20.3 Å². The molecule has 1 aliphatic rings. The van der Waals surface area contributed by atoms with E-state index in [9.17, 15) is 10.1 Å². The molecule has 4 atom stereocenters. The molecule has 10 aromatic rings. The fourth-order valence-electron chi connectivity index (χ4n) is 11.4. The number of nitrogens with one attached hydrogen (secondary N) is 2. The summed E-state index contributed by atoms with van der Waals surface area (Å²) in [6.45, 7) is 13.9. The maximum absolute atomic E-state index is 14.6. The number of H-pyrrole nitrogens is 1. The third-order valence-corrected chi connectivity index (χ3v) is 17.3. The molecule has 81 heavy (non-hydrogen) atoms. The first-order chi connectivity index (χ1) is 39.4. The first-order valence-electron chi connectivity index (χ1n) is 27.7. The molecule has 0 spiro atoms. The van der Waals surface area contributed by atoms with E-state index in [1.54, 1.807) is 14.2 Å². The number of nitriles is 1. The third kappa shape index (κ3) is 11.0. The summed E-state index contributed by atoms with van der Waals surface area (Å²) in [5, 5.41) is 30.0. The van der Waals surface area contributed by atoms with E-state index in [1.807, 2.05) is 88.4 Å². The molecule has 17 heteroatoms. The number of nitrogens with zero attached hydrogens (tertiary/aromatic N) is 7. The molecule has 416 valence electrons. The van der Waals surface area contributed by atoms with Crippen molar-refractivity contribution >= 4 is 57.8 Å². The Morgan fingerprint density at radius 2 is 1.43 bits per heavy atom. The molecule has 0 amide bonds. The number of methoxy groups -OCH3 is 2. The third-order valence-electron chi connectivity index (χ3n) is 15.1. The van der Waals surface area contributed by atoms with Gasteiger partial charge in [-0.15, -0.1) is 5.10 Å². The molecule has 0 radical (unpaired) electrons. The van der Waals surface area contributed by atoms with Crippen molar-refractivity contribution in [1.82, 2.24) is 34.2 Å². The van der Waals surface area contributed by atoms with E-state index in [1.165, 1.54) is 26.9 Å². The number of hydrogen-bond acceptors (Lipinski definition) is 13. The molecule has 3 aromatic heterocycles. The summed E-state index contributed by atoms with van der Waals surface area (Å²) in [7, 11) is 1.56. The quantitative estimate of drug-likeness (QED) is 0.0268. The second-order valence-electron chi connectivity index (χ2n) is 21.6. The molecule has 1 fully saturated rings. The summed E-state index contributed by atoms with van der Waals surface area (Å²) in [6.07, 6.45) is 2.23. The predicted molar refractivity (Wildman–Crippen MR) is 319 cm³/mol. The summed E-state index contributed by atoms with van der Waals surface area (Å²) >= 11 is 0. The van der Waals surface area contributed by atoms with E-state index in [0.717, 1.165) is 27.6 Å². The zero-order chi connectivity index (χ0) is 56.4. The van der Waals surface area contributed by atoms with Gasteiger partial charge >= 0.3 is 0 Å². The Morgan fingerprint density at radius 1 is 0.790 bits per heavy atom. The van der Waals surface area contributed by atoms with Crippen molar-refractivity contribution in [3.8, 4) is 28.8 Å². The summed E-state index contributed by atoms with van der Waals surface area (Å²) in [5.41, 5.74) is 3.64. The first kappa shape index (κ1) is 55.2. The maximum atomic E-state index is 14.6. The van der Waals surface area contributed by atoms with Crippen molar-refractivity contribution in [3.05, 3.63) is 178 Å². The van der Waals surface area contributed by atoms with Gasteiger partial charge in [0.15, 0.2) is 5.65 Å². The lowest BCUT2D eigenvalue weighted by Crippen LogP contribution is -2.39. The lowest BCUT2D eigenvalue weighted by molar-refractivity contribution is -0.0911. The average molecular weight is 1110 g/mol. The van der Waals surface area contributed by atoms with Gasteiger partial charge in [-0.2, -0.15) is 10.2 Å². The minimum atomic E-state index is -1.74. The molecule has 1 unspecified atom stereocenters. The van der Waals surface area contributed by atoms with Crippen LogP contribution in [0.4, 0.5) is 5.95 Å². The summed E-state index contributed by atoms with van der Waals surface area (Å²) in [4.78, 5) is 22.8. The van der Waals surface area contributed by atoms with Crippen LogP contribution in [-0.2, 0) is 30.7 Å². The highest BCUT2D eigenvalue weighted by Crippen LogP contribution is 2.51. The van der Waals surface area contributed by atoms with Gasteiger partial charge in [0, 0.05) is 36.8 Å². The fourth-order valence-corrected chi connectivity index (χ4v) is 13.1. The highest BCUT2D eigenvalue weighted by molar-refractivity contribution is 7.44. The number of anilines is 1. The second-order valence-corrected chi connectivity index (χ2v) is 23.0. The van der Waals surface area contributed by atoms with Crippen molar-refractivity contribution in [2.75, 3.05) is 39.3 Å². The Labute approximate surface area is 472 Å². The van der Waals surface area contributed by atoms with Crippen LogP contribution >= 0.6 is 8.53 Å². The zero-order valence-corrected chi connectivity index (χ0v) is 47.9. The summed E-state index contributed by atoms with van der Waals surface area (Å²) < 4.78 is 46.0. The Bertz CT molecular complexity index is 3800. The standard InChI is InChI=1S/C64H68N9O7P/c1-40(2)35-66-63-67-61-60(62(74)68-63)53(54-38-71(70-69-54)36-46-21-20-45-19-18-43-14-12-15-44-22-31-52(46)59(45)58(43)44)37-72(61)57-34-55(80-81(78-33-13-32-65)73(41(3)4)42(5)6)56(79-57)39-77-64(47-16-10-9-11-17-47,48-23-27-50(75-7)28-24-48)49-25-29-51(76-8)30-26-49/h9-12,14-31,37-38,40-42,55-57H,13,33-36,39H2,1-8H3,(H2,66,67,68,74)/t55-,56+,57+,81?/m0/s1. The topological polar surface area (TPSA) is 176 Å². The van der Waals surface area contributed by atoms with Crippen LogP contribution in [-0.4, -0.2) is 92.5 Å². The van der Waals surface area contributed by atoms with Crippen LogP contribution in [0.1, 0.15) is 82.9 Å². The summed E-state index contributed by atoms with van der Waals surface area (Å²) in [6, 6.07) is 47.8. The molecule has 2 N–H and O–H groups in total. The monoisotopic (exact) mass is 1110 g/mol. The molecule has 7 aromatic carbocycles. The van der Waals surface area contributed by atoms with E-state index < -0.39 is 32.6 Å². The van der Waals surface area contributed by atoms with Gasteiger partial charge in [0.05, 0.1) is 64.2 Å². The number of hydrogen-bond donors (Lipinski definition) is 2. The SMILES string of the molecule is COc1ccc(C(OC[C@H]2O[C@@H](n3cc(-c4cn(Cc5ccc6ccc7cccc8ccc5c6c78)nn4)c4c(=O)[nH]c(NCC(C)C)nc43)C[C@@H]2OP(OCCC#N)N(C(C)C)C(C)C)(c2ccccc2)c2ccc(OC)cc2)cc1. The van der Waals surface area contributed by atoms with Gasteiger partial charge < -0.3 is 37.9 Å². The van der Waals surface area contributed by atoms with Crippen molar-refractivity contribution in [1.29, 1.82) is 5.26 Å². The van der Waals surface area contributed by atoms with Gasteiger partial charge in [-0.1, -0.05) is 128 Å². The molecular formula is C64H68N9O7P. The lowest BCUT2D eigenvalue weighted by atomic mass is 9.80. The predicted octanol–water partition coefficient (Wildman–Crippen LogP) is 13.0. The van der Waals surface area contributed by atoms with Gasteiger partial charge in [0.2, 0.25) is 5.95 Å². The van der Waals surface area contributed by atoms with E-state index in [4.69, 9.17) is 38.1 Å². The number of rotatable bonds is 23.